The summed E-state index contributed by atoms with van der Waals surface area (Å²) in [6.45, 7) is 6.13. The second-order valence-electron chi connectivity index (χ2n) is 4.66. The Morgan fingerprint density at radius 1 is 1.26 bits per heavy atom. The number of thiophene rings is 1. The van der Waals surface area contributed by atoms with Crippen LogP contribution in [0.4, 0.5) is 0 Å². The fourth-order valence-corrected chi connectivity index (χ4v) is 4.08. The van der Waals surface area contributed by atoms with Crippen LogP contribution in [0.25, 0.3) is 0 Å². The molecule has 0 radical (unpaired) electrons. The molecule has 2 aromatic rings. The molecule has 0 aliphatic rings. The number of hydrogen-bond donors (Lipinski definition) is 0. The van der Waals surface area contributed by atoms with Crippen molar-refractivity contribution in [3.63, 3.8) is 0 Å². The maximum absolute atomic E-state index is 6.59. The molecule has 0 saturated carbocycles. The quantitative estimate of drug-likeness (QED) is 0.614. The molecule has 0 bridgehead atoms. The molecule has 0 aliphatic heterocycles. The molecule has 19 heavy (non-hydrogen) atoms. The predicted octanol–water partition coefficient (Wildman–Crippen LogP) is 5.93. The van der Waals surface area contributed by atoms with Gasteiger partial charge in [-0.15, -0.1) is 22.9 Å². The van der Waals surface area contributed by atoms with Gasteiger partial charge < -0.3 is 4.74 Å². The van der Waals surface area contributed by atoms with Gasteiger partial charge in [0.15, 0.2) is 0 Å². The van der Waals surface area contributed by atoms with Gasteiger partial charge >= 0.3 is 0 Å². The van der Waals surface area contributed by atoms with Crippen molar-refractivity contribution in [3.05, 3.63) is 50.1 Å². The third-order valence-corrected chi connectivity index (χ3v) is 4.78. The van der Waals surface area contributed by atoms with Crippen LogP contribution in [0.2, 0.25) is 0 Å². The first kappa shape index (κ1) is 14.9. The highest BCUT2D eigenvalue weighted by molar-refractivity contribution is 9.11. The number of aryl methyl sites for hydroxylation is 1. The molecule has 2 rings (SSSR count). The van der Waals surface area contributed by atoms with Gasteiger partial charge in [-0.2, -0.15) is 0 Å². The fraction of sp³-hybridized carbons (Fsp3) is 0.333. The third kappa shape index (κ3) is 3.74. The standard InChI is InChI=1S/C15H16BrClOS/c1-9(2)18-12-6-4-5-11(7-12)15(17)13-8-14(16)19-10(13)3/h4-9,15H,1-3H3. The molecule has 102 valence electrons. The Morgan fingerprint density at radius 2 is 2.00 bits per heavy atom. The Kier molecular flexibility index (Phi) is 4.93. The van der Waals surface area contributed by atoms with E-state index in [0.717, 1.165) is 20.7 Å². The van der Waals surface area contributed by atoms with E-state index in [0.29, 0.717) is 0 Å². The zero-order chi connectivity index (χ0) is 14.0. The molecule has 0 amide bonds. The monoisotopic (exact) mass is 358 g/mol. The van der Waals surface area contributed by atoms with Gasteiger partial charge in [-0.05, 0) is 66.0 Å². The highest BCUT2D eigenvalue weighted by atomic mass is 79.9. The summed E-state index contributed by atoms with van der Waals surface area (Å²) in [5, 5.41) is -0.140. The van der Waals surface area contributed by atoms with Crippen LogP contribution >= 0.6 is 38.9 Å². The third-order valence-electron chi connectivity index (χ3n) is 2.72. The van der Waals surface area contributed by atoms with Crippen molar-refractivity contribution in [3.8, 4) is 5.75 Å². The second kappa shape index (κ2) is 6.29. The molecule has 0 fully saturated rings. The van der Waals surface area contributed by atoms with Crippen LogP contribution in [0.3, 0.4) is 0 Å². The number of rotatable bonds is 4. The topological polar surface area (TPSA) is 9.23 Å². The summed E-state index contributed by atoms with van der Waals surface area (Å²) in [6, 6.07) is 10.1. The number of halogens is 2. The summed E-state index contributed by atoms with van der Waals surface area (Å²) in [4.78, 5) is 1.24. The van der Waals surface area contributed by atoms with Crippen LogP contribution in [0.15, 0.2) is 34.1 Å². The molecule has 0 saturated heterocycles. The van der Waals surface area contributed by atoms with Gasteiger partial charge in [0, 0.05) is 4.88 Å². The molecule has 4 heteroatoms. The van der Waals surface area contributed by atoms with E-state index in [1.165, 1.54) is 4.88 Å². The Morgan fingerprint density at radius 3 is 2.58 bits per heavy atom. The van der Waals surface area contributed by atoms with Gasteiger partial charge in [0.2, 0.25) is 0 Å². The van der Waals surface area contributed by atoms with Crippen LogP contribution < -0.4 is 4.74 Å². The van der Waals surface area contributed by atoms with Crippen molar-refractivity contribution in [1.29, 1.82) is 0 Å². The molecule has 0 spiro atoms. The van der Waals surface area contributed by atoms with Crippen LogP contribution in [0, 0.1) is 6.92 Å². The number of ether oxygens (including phenoxy) is 1. The van der Waals surface area contributed by atoms with Crippen molar-refractivity contribution in [2.45, 2.75) is 32.3 Å². The average Bonchev–Trinajstić information content (AvgIpc) is 2.67. The van der Waals surface area contributed by atoms with Crippen molar-refractivity contribution >= 4 is 38.9 Å². The normalized spacial score (nSPS) is 12.7. The molecule has 1 unspecified atom stereocenters. The molecule has 1 aromatic heterocycles. The molecule has 1 nitrogen and oxygen atoms in total. The highest BCUT2D eigenvalue weighted by Crippen LogP contribution is 2.38. The molecule has 0 aliphatic carbocycles. The van der Waals surface area contributed by atoms with E-state index in [1.54, 1.807) is 11.3 Å². The SMILES string of the molecule is Cc1sc(Br)cc1C(Cl)c1cccc(OC(C)C)c1. The molecule has 1 atom stereocenters. The van der Waals surface area contributed by atoms with Gasteiger partial charge in [0.1, 0.15) is 5.75 Å². The van der Waals surface area contributed by atoms with Gasteiger partial charge in [0.25, 0.3) is 0 Å². The van der Waals surface area contributed by atoms with Crippen LogP contribution in [-0.2, 0) is 0 Å². The van der Waals surface area contributed by atoms with E-state index >= 15 is 0 Å². The fourth-order valence-electron chi connectivity index (χ4n) is 1.91. The maximum Gasteiger partial charge on any atom is 0.120 e. The largest absolute Gasteiger partial charge is 0.491 e. The number of benzene rings is 1. The van der Waals surface area contributed by atoms with E-state index in [9.17, 15) is 0 Å². The van der Waals surface area contributed by atoms with Crippen molar-refractivity contribution < 1.29 is 4.74 Å². The molecule has 0 N–H and O–H groups in total. The summed E-state index contributed by atoms with van der Waals surface area (Å²) >= 11 is 11.8. The minimum Gasteiger partial charge on any atom is -0.491 e. The number of alkyl halides is 1. The van der Waals surface area contributed by atoms with Crippen molar-refractivity contribution in [2.75, 3.05) is 0 Å². The Balaban J connectivity index is 2.28. The first-order valence-corrected chi connectivity index (χ1v) is 8.18. The molecular formula is C15H16BrClOS. The van der Waals surface area contributed by atoms with E-state index in [2.05, 4.69) is 28.9 Å². The zero-order valence-corrected chi connectivity index (χ0v) is 14.3. The zero-order valence-electron chi connectivity index (χ0n) is 11.1. The summed E-state index contributed by atoms with van der Waals surface area (Å²) in [5.41, 5.74) is 2.22. The van der Waals surface area contributed by atoms with E-state index in [1.807, 2.05) is 38.1 Å². The van der Waals surface area contributed by atoms with Crippen LogP contribution in [-0.4, -0.2) is 6.10 Å². The Labute approximate surface area is 131 Å². The van der Waals surface area contributed by atoms with E-state index in [4.69, 9.17) is 16.3 Å². The Bertz CT molecular complexity index is 565. The average molecular weight is 360 g/mol. The molecule has 1 aromatic carbocycles. The molecule has 1 heterocycles. The van der Waals surface area contributed by atoms with Crippen molar-refractivity contribution in [1.82, 2.24) is 0 Å². The smallest absolute Gasteiger partial charge is 0.120 e. The summed E-state index contributed by atoms with van der Waals surface area (Å²) in [5.74, 6) is 0.866. The maximum atomic E-state index is 6.59. The van der Waals surface area contributed by atoms with Gasteiger partial charge in [0.05, 0.1) is 15.3 Å². The Hall–Kier alpha value is -0.510. The van der Waals surface area contributed by atoms with Gasteiger partial charge in [-0.1, -0.05) is 12.1 Å². The van der Waals surface area contributed by atoms with Gasteiger partial charge in [-0.3, -0.25) is 0 Å². The van der Waals surface area contributed by atoms with Crippen LogP contribution in [0.1, 0.15) is 35.2 Å². The first-order chi connectivity index (χ1) is 8.97. The highest BCUT2D eigenvalue weighted by Gasteiger charge is 2.16. The minimum absolute atomic E-state index is 0.140. The second-order valence-corrected chi connectivity index (χ2v) is 7.74. The lowest BCUT2D eigenvalue weighted by atomic mass is 10.1. The number of hydrogen-bond acceptors (Lipinski definition) is 2. The first-order valence-electron chi connectivity index (χ1n) is 6.14. The lowest BCUT2D eigenvalue weighted by Crippen LogP contribution is -2.05. The summed E-state index contributed by atoms with van der Waals surface area (Å²) < 4.78 is 6.82. The summed E-state index contributed by atoms with van der Waals surface area (Å²) in [6.07, 6.45) is 0.168. The van der Waals surface area contributed by atoms with E-state index < -0.39 is 0 Å². The van der Waals surface area contributed by atoms with Crippen LogP contribution in [0.5, 0.6) is 5.75 Å². The predicted molar refractivity (Wildman–Crippen MR) is 86.7 cm³/mol. The van der Waals surface area contributed by atoms with Gasteiger partial charge in [-0.25, -0.2) is 0 Å². The lowest BCUT2D eigenvalue weighted by Gasteiger charge is -2.14. The van der Waals surface area contributed by atoms with E-state index in [-0.39, 0.29) is 11.5 Å². The van der Waals surface area contributed by atoms with Crippen molar-refractivity contribution in [2.24, 2.45) is 0 Å². The minimum atomic E-state index is -0.140. The summed E-state index contributed by atoms with van der Waals surface area (Å²) in [7, 11) is 0. The molecular weight excluding hydrogens is 344 g/mol. The lowest BCUT2D eigenvalue weighted by molar-refractivity contribution is 0.242.